The zero-order chi connectivity index (χ0) is 24.0. The van der Waals surface area contributed by atoms with Crippen LogP contribution in [-0.4, -0.2) is 40.7 Å². The maximum absolute atomic E-state index is 12.9. The fourth-order valence-electron chi connectivity index (χ4n) is 3.66. The van der Waals surface area contributed by atoms with Crippen LogP contribution in [0.5, 0.6) is 17.2 Å². The van der Waals surface area contributed by atoms with Crippen molar-refractivity contribution in [3.63, 3.8) is 0 Å². The molecule has 0 spiro atoms. The molecule has 0 aliphatic heterocycles. The summed E-state index contributed by atoms with van der Waals surface area (Å²) in [5, 5.41) is 3.32. The summed E-state index contributed by atoms with van der Waals surface area (Å²) in [7, 11) is -1.09. The van der Waals surface area contributed by atoms with Gasteiger partial charge in [-0.1, -0.05) is 30.9 Å². The first-order valence-electron chi connectivity index (χ1n) is 10.7. The van der Waals surface area contributed by atoms with Crippen molar-refractivity contribution in [2.45, 2.75) is 56.1 Å². The van der Waals surface area contributed by atoms with Gasteiger partial charge in [0.05, 0.1) is 29.8 Å². The minimum atomic E-state index is -3.93. The molecule has 0 bridgehead atoms. The van der Waals surface area contributed by atoms with Crippen LogP contribution in [-0.2, 0) is 14.8 Å². The van der Waals surface area contributed by atoms with E-state index in [1.165, 1.54) is 57.0 Å². The number of carbonyl (C=O) groups is 1. The maximum Gasteiger partial charge on any atom is 0.262 e. The number of sulfonamides is 1. The monoisotopic (exact) mass is 496 g/mol. The standard InChI is InChI=1S/C23H29ClN2O6S/c1-15(23(27)25-16-7-5-4-6-8-16)32-17-9-11-18(12-10-17)33(28,29)26-20-14-21(30-2)19(24)13-22(20)31-3/h9-16,26H,4-8H2,1-3H3,(H,25,27)/t15-/m1/s1. The summed E-state index contributed by atoms with van der Waals surface area (Å²) in [6.07, 6.45) is 4.74. The molecule has 10 heteroatoms. The molecule has 2 N–H and O–H groups in total. The van der Waals surface area contributed by atoms with Crippen LogP contribution >= 0.6 is 11.6 Å². The van der Waals surface area contributed by atoms with Crippen LogP contribution in [0.25, 0.3) is 0 Å². The first-order valence-corrected chi connectivity index (χ1v) is 12.6. The highest BCUT2D eigenvalue weighted by Gasteiger charge is 2.22. The van der Waals surface area contributed by atoms with Crippen LogP contribution in [0.2, 0.25) is 5.02 Å². The second-order valence-corrected chi connectivity index (χ2v) is 9.96. The largest absolute Gasteiger partial charge is 0.495 e. The van der Waals surface area contributed by atoms with Gasteiger partial charge in [0.2, 0.25) is 0 Å². The Hall–Kier alpha value is -2.65. The highest BCUT2D eigenvalue weighted by molar-refractivity contribution is 7.92. The van der Waals surface area contributed by atoms with E-state index < -0.39 is 16.1 Å². The average Bonchev–Trinajstić information content (AvgIpc) is 2.80. The summed E-state index contributed by atoms with van der Waals surface area (Å²) >= 11 is 6.08. The third kappa shape index (κ3) is 6.45. The fraction of sp³-hybridized carbons (Fsp3) is 0.435. The summed E-state index contributed by atoms with van der Waals surface area (Å²) in [4.78, 5) is 12.4. The van der Waals surface area contributed by atoms with Gasteiger partial charge in [-0.2, -0.15) is 0 Å². The molecule has 33 heavy (non-hydrogen) atoms. The van der Waals surface area contributed by atoms with Crippen molar-refractivity contribution in [3.8, 4) is 17.2 Å². The smallest absolute Gasteiger partial charge is 0.262 e. The van der Waals surface area contributed by atoms with Gasteiger partial charge in [0.15, 0.2) is 6.10 Å². The number of nitrogens with one attached hydrogen (secondary N) is 2. The Bertz CT molecular complexity index is 1070. The van der Waals surface area contributed by atoms with Gasteiger partial charge in [-0.3, -0.25) is 9.52 Å². The second kappa shape index (κ2) is 11.0. The Morgan fingerprint density at radius 3 is 2.27 bits per heavy atom. The molecule has 180 valence electrons. The molecule has 0 unspecified atom stereocenters. The van der Waals surface area contributed by atoms with Crippen molar-refractivity contribution in [1.29, 1.82) is 0 Å². The van der Waals surface area contributed by atoms with Gasteiger partial charge >= 0.3 is 0 Å². The number of halogens is 1. The van der Waals surface area contributed by atoms with Crippen LogP contribution in [0.4, 0.5) is 5.69 Å². The lowest BCUT2D eigenvalue weighted by molar-refractivity contribution is -0.128. The van der Waals surface area contributed by atoms with E-state index in [1.807, 2.05) is 0 Å². The topological polar surface area (TPSA) is 103 Å². The van der Waals surface area contributed by atoms with Crippen LogP contribution < -0.4 is 24.2 Å². The Morgan fingerprint density at radius 1 is 1.03 bits per heavy atom. The number of anilines is 1. The Balaban J connectivity index is 1.67. The molecule has 2 aromatic carbocycles. The quantitative estimate of drug-likeness (QED) is 0.534. The van der Waals surface area contributed by atoms with Crippen LogP contribution in [0, 0.1) is 0 Å². The van der Waals surface area contributed by atoms with Crippen LogP contribution in [0.1, 0.15) is 39.0 Å². The van der Waals surface area contributed by atoms with Gasteiger partial charge in [0, 0.05) is 18.2 Å². The molecule has 0 aromatic heterocycles. The zero-order valence-electron chi connectivity index (χ0n) is 18.9. The van der Waals surface area contributed by atoms with Crippen molar-refractivity contribution in [2.24, 2.45) is 0 Å². The predicted molar refractivity (Wildman–Crippen MR) is 127 cm³/mol. The predicted octanol–water partition coefficient (Wildman–Crippen LogP) is 4.37. The Kier molecular flexibility index (Phi) is 8.31. The second-order valence-electron chi connectivity index (χ2n) is 7.87. The SMILES string of the molecule is COc1cc(NS(=O)(=O)c2ccc(O[C@H](C)C(=O)NC3CCCCC3)cc2)c(OC)cc1Cl. The number of methoxy groups -OCH3 is 2. The number of hydrogen-bond donors (Lipinski definition) is 2. The molecule has 1 fully saturated rings. The van der Waals surface area contributed by atoms with E-state index in [0.717, 1.165) is 25.7 Å². The molecule has 0 radical (unpaired) electrons. The number of carbonyl (C=O) groups excluding carboxylic acids is 1. The number of amides is 1. The molecule has 1 amide bonds. The van der Waals surface area contributed by atoms with E-state index in [-0.39, 0.29) is 28.3 Å². The summed E-state index contributed by atoms with van der Waals surface area (Å²) in [5.74, 6) is 0.775. The first kappa shape index (κ1) is 25.0. The van der Waals surface area contributed by atoms with Crippen molar-refractivity contribution in [3.05, 3.63) is 41.4 Å². The molecular formula is C23H29ClN2O6S. The molecule has 1 saturated carbocycles. The minimum Gasteiger partial charge on any atom is -0.495 e. The molecule has 1 atom stereocenters. The van der Waals surface area contributed by atoms with Gasteiger partial charge in [0.1, 0.15) is 17.2 Å². The van der Waals surface area contributed by atoms with Gasteiger partial charge in [-0.25, -0.2) is 8.42 Å². The molecule has 0 saturated heterocycles. The number of benzene rings is 2. The van der Waals surface area contributed by atoms with Gasteiger partial charge < -0.3 is 19.5 Å². The molecule has 1 aliphatic carbocycles. The lowest BCUT2D eigenvalue weighted by Crippen LogP contribution is -2.43. The maximum atomic E-state index is 12.9. The highest BCUT2D eigenvalue weighted by Crippen LogP contribution is 2.37. The number of rotatable bonds is 9. The van der Waals surface area contributed by atoms with E-state index >= 15 is 0 Å². The zero-order valence-corrected chi connectivity index (χ0v) is 20.5. The van der Waals surface area contributed by atoms with Crippen LogP contribution in [0.15, 0.2) is 41.3 Å². The molecule has 2 aromatic rings. The van der Waals surface area contributed by atoms with Gasteiger partial charge in [-0.15, -0.1) is 0 Å². The summed E-state index contributed by atoms with van der Waals surface area (Å²) in [5.41, 5.74) is 0.187. The normalized spacial score (nSPS) is 15.4. The average molecular weight is 497 g/mol. The van der Waals surface area contributed by atoms with Crippen LogP contribution in [0.3, 0.4) is 0 Å². The van der Waals surface area contributed by atoms with Gasteiger partial charge in [0.25, 0.3) is 15.9 Å². The van der Waals surface area contributed by atoms with E-state index in [1.54, 1.807) is 6.92 Å². The molecule has 1 aliphatic rings. The van der Waals surface area contributed by atoms with E-state index in [9.17, 15) is 13.2 Å². The van der Waals surface area contributed by atoms with E-state index in [0.29, 0.717) is 16.5 Å². The summed E-state index contributed by atoms with van der Waals surface area (Å²) < 4.78 is 44.3. The molecule has 0 heterocycles. The Morgan fingerprint density at radius 2 is 1.67 bits per heavy atom. The lowest BCUT2D eigenvalue weighted by Gasteiger charge is -2.24. The van der Waals surface area contributed by atoms with E-state index in [4.69, 9.17) is 25.8 Å². The molecular weight excluding hydrogens is 468 g/mol. The Labute approximate surface area is 199 Å². The van der Waals surface area contributed by atoms with Crippen molar-refractivity contribution < 1.29 is 27.4 Å². The number of hydrogen-bond acceptors (Lipinski definition) is 6. The number of ether oxygens (including phenoxy) is 3. The summed E-state index contributed by atoms with van der Waals surface area (Å²) in [6, 6.07) is 8.94. The third-order valence-corrected chi connectivity index (χ3v) is 7.16. The van der Waals surface area contributed by atoms with Crippen molar-refractivity contribution >= 4 is 33.2 Å². The highest BCUT2D eigenvalue weighted by atomic mass is 35.5. The minimum absolute atomic E-state index is 0.0186. The lowest BCUT2D eigenvalue weighted by atomic mass is 9.95. The van der Waals surface area contributed by atoms with E-state index in [2.05, 4.69) is 10.0 Å². The molecule has 3 rings (SSSR count). The third-order valence-electron chi connectivity index (χ3n) is 5.49. The van der Waals surface area contributed by atoms with Gasteiger partial charge in [-0.05, 0) is 44.0 Å². The fourth-order valence-corrected chi connectivity index (χ4v) is 4.96. The van der Waals surface area contributed by atoms with Crippen molar-refractivity contribution in [2.75, 3.05) is 18.9 Å². The molecule has 8 nitrogen and oxygen atoms in total. The summed E-state index contributed by atoms with van der Waals surface area (Å²) in [6.45, 7) is 1.67. The first-order chi connectivity index (χ1) is 15.7. The van der Waals surface area contributed by atoms with Crippen molar-refractivity contribution in [1.82, 2.24) is 5.32 Å².